The van der Waals surface area contributed by atoms with Gasteiger partial charge in [-0.2, -0.15) is 5.10 Å². The summed E-state index contributed by atoms with van der Waals surface area (Å²) in [5.74, 6) is -0.610. The number of amides is 3. The largest absolute Gasteiger partial charge is 0.493 e. The SMILES string of the molecule is CCOC(=O)C1=C(C)NC(=O)N[C@H]1c1ccc(OCC(=O)N/N=C\c2ccc(OCc3ccc(C(=O)O)cc3)c(OCC)c2)c(OC)c1. The van der Waals surface area contributed by atoms with Crippen molar-refractivity contribution in [3.05, 3.63) is 94.2 Å². The molecule has 0 bridgehead atoms. The Morgan fingerprint density at radius 2 is 1.65 bits per heavy atom. The van der Waals surface area contributed by atoms with Crippen LogP contribution in [0.1, 0.15) is 53.9 Å². The monoisotopic (exact) mass is 660 g/mol. The van der Waals surface area contributed by atoms with Crippen molar-refractivity contribution < 1.29 is 48.0 Å². The van der Waals surface area contributed by atoms with Gasteiger partial charge in [-0.15, -0.1) is 0 Å². The highest BCUT2D eigenvalue weighted by molar-refractivity contribution is 5.95. The molecule has 48 heavy (non-hydrogen) atoms. The summed E-state index contributed by atoms with van der Waals surface area (Å²) in [6, 6.07) is 15.1. The van der Waals surface area contributed by atoms with Crippen LogP contribution in [0, 0.1) is 0 Å². The number of carboxylic acid groups (broad SMARTS) is 1. The van der Waals surface area contributed by atoms with Gasteiger partial charge in [-0.1, -0.05) is 18.2 Å². The van der Waals surface area contributed by atoms with E-state index in [4.69, 9.17) is 28.8 Å². The number of carboxylic acids is 1. The number of urea groups is 1. The molecule has 4 N–H and O–H groups in total. The van der Waals surface area contributed by atoms with Crippen LogP contribution in [0.5, 0.6) is 23.0 Å². The molecule has 14 nitrogen and oxygen atoms in total. The lowest BCUT2D eigenvalue weighted by Crippen LogP contribution is -2.45. The highest BCUT2D eigenvalue weighted by atomic mass is 16.5. The number of carbonyl (C=O) groups excluding carboxylic acids is 3. The molecule has 0 saturated heterocycles. The topological polar surface area (TPSA) is 183 Å². The summed E-state index contributed by atoms with van der Waals surface area (Å²) in [5, 5.41) is 18.4. The predicted molar refractivity (Wildman–Crippen MR) is 173 cm³/mol. The number of methoxy groups -OCH3 is 1. The Balaban J connectivity index is 1.35. The lowest BCUT2D eigenvalue weighted by molar-refractivity contribution is -0.139. The van der Waals surface area contributed by atoms with Crippen LogP contribution in [0.3, 0.4) is 0 Å². The van der Waals surface area contributed by atoms with Crippen LogP contribution in [0.4, 0.5) is 4.79 Å². The van der Waals surface area contributed by atoms with Gasteiger partial charge in [-0.3, -0.25) is 4.79 Å². The van der Waals surface area contributed by atoms with E-state index in [0.717, 1.165) is 5.56 Å². The Morgan fingerprint density at radius 3 is 2.33 bits per heavy atom. The number of nitrogens with one attached hydrogen (secondary N) is 3. The second kappa shape index (κ2) is 16.5. The van der Waals surface area contributed by atoms with Crippen LogP contribution in [-0.2, 0) is 20.9 Å². The minimum absolute atomic E-state index is 0.170. The summed E-state index contributed by atoms with van der Waals surface area (Å²) in [6.07, 6.45) is 1.44. The van der Waals surface area contributed by atoms with Gasteiger partial charge >= 0.3 is 18.0 Å². The molecule has 0 aromatic heterocycles. The first kappa shape index (κ1) is 34.8. The highest BCUT2D eigenvalue weighted by Crippen LogP contribution is 2.35. The molecular weight excluding hydrogens is 624 g/mol. The van der Waals surface area contributed by atoms with E-state index >= 15 is 0 Å². The van der Waals surface area contributed by atoms with E-state index in [2.05, 4.69) is 21.2 Å². The summed E-state index contributed by atoms with van der Waals surface area (Å²) >= 11 is 0. The first-order valence-corrected chi connectivity index (χ1v) is 14.9. The Kier molecular flexibility index (Phi) is 12.0. The zero-order valence-corrected chi connectivity index (χ0v) is 26.8. The summed E-state index contributed by atoms with van der Waals surface area (Å²) in [7, 11) is 1.43. The molecular formula is C34H36N4O10. The molecule has 252 valence electrons. The molecule has 0 unspecified atom stereocenters. The van der Waals surface area contributed by atoms with Gasteiger partial charge in [0.15, 0.2) is 29.6 Å². The predicted octanol–water partition coefficient (Wildman–Crippen LogP) is 4.09. The van der Waals surface area contributed by atoms with E-state index in [1.807, 2.05) is 6.92 Å². The minimum atomic E-state index is -1.00. The van der Waals surface area contributed by atoms with Crippen LogP contribution in [0.15, 0.2) is 77.0 Å². The molecule has 1 aliphatic rings. The number of hydrazone groups is 1. The fourth-order valence-electron chi connectivity index (χ4n) is 4.66. The van der Waals surface area contributed by atoms with Crippen molar-refractivity contribution in [2.45, 2.75) is 33.4 Å². The molecule has 1 heterocycles. The van der Waals surface area contributed by atoms with E-state index in [0.29, 0.717) is 34.9 Å². The summed E-state index contributed by atoms with van der Waals surface area (Å²) in [5.41, 5.74) is 5.19. The van der Waals surface area contributed by atoms with Crippen molar-refractivity contribution >= 4 is 30.1 Å². The molecule has 0 fully saturated rings. The van der Waals surface area contributed by atoms with E-state index in [9.17, 15) is 19.2 Å². The highest BCUT2D eigenvalue weighted by Gasteiger charge is 2.32. The Bertz CT molecular complexity index is 1720. The van der Waals surface area contributed by atoms with Gasteiger partial charge in [0, 0.05) is 5.70 Å². The smallest absolute Gasteiger partial charge is 0.338 e. The summed E-state index contributed by atoms with van der Waals surface area (Å²) < 4.78 is 27.9. The molecule has 14 heteroatoms. The van der Waals surface area contributed by atoms with Gasteiger partial charge in [-0.05, 0) is 79.9 Å². The van der Waals surface area contributed by atoms with Crippen molar-refractivity contribution in [3.8, 4) is 23.0 Å². The molecule has 0 spiro atoms. The number of hydrogen-bond acceptors (Lipinski definition) is 10. The maximum Gasteiger partial charge on any atom is 0.338 e. The Hall–Kier alpha value is -6.05. The minimum Gasteiger partial charge on any atom is -0.493 e. The Labute approximate surface area is 276 Å². The number of rotatable bonds is 15. The maximum atomic E-state index is 12.6. The molecule has 3 aromatic carbocycles. The fourth-order valence-corrected chi connectivity index (χ4v) is 4.66. The number of aromatic carboxylic acids is 1. The fraction of sp³-hybridized carbons (Fsp3) is 0.265. The van der Waals surface area contributed by atoms with Crippen molar-refractivity contribution in [2.75, 3.05) is 26.9 Å². The number of carbonyl (C=O) groups is 4. The summed E-state index contributed by atoms with van der Waals surface area (Å²) in [4.78, 5) is 48.4. The normalized spacial score (nSPS) is 14.1. The van der Waals surface area contributed by atoms with Crippen LogP contribution < -0.4 is 35.0 Å². The average Bonchev–Trinajstić information content (AvgIpc) is 3.07. The van der Waals surface area contributed by atoms with Gasteiger partial charge in [-0.25, -0.2) is 19.8 Å². The van der Waals surface area contributed by atoms with Crippen molar-refractivity contribution in [1.82, 2.24) is 16.1 Å². The molecule has 4 rings (SSSR count). The number of nitrogens with zero attached hydrogens (tertiary/aromatic N) is 1. The third kappa shape index (κ3) is 9.02. The number of hydrogen-bond donors (Lipinski definition) is 4. The van der Waals surface area contributed by atoms with Crippen molar-refractivity contribution in [1.29, 1.82) is 0 Å². The molecule has 0 aliphatic carbocycles. The second-order valence-corrected chi connectivity index (χ2v) is 10.2. The first-order chi connectivity index (χ1) is 23.1. The quantitative estimate of drug-likeness (QED) is 0.105. The van der Waals surface area contributed by atoms with Crippen LogP contribution in [-0.4, -0.2) is 62.1 Å². The first-order valence-electron chi connectivity index (χ1n) is 14.9. The van der Waals surface area contributed by atoms with Crippen LogP contribution in [0.2, 0.25) is 0 Å². The van der Waals surface area contributed by atoms with Crippen LogP contribution in [0.25, 0.3) is 0 Å². The zero-order valence-electron chi connectivity index (χ0n) is 26.8. The van der Waals surface area contributed by atoms with E-state index < -0.39 is 29.9 Å². The lowest BCUT2D eigenvalue weighted by atomic mass is 9.95. The molecule has 3 amide bonds. The third-order valence-electron chi connectivity index (χ3n) is 6.91. The van der Waals surface area contributed by atoms with Crippen molar-refractivity contribution in [2.24, 2.45) is 5.10 Å². The van der Waals surface area contributed by atoms with Gasteiger partial charge in [0.1, 0.15) is 6.61 Å². The van der Waals surface area contributed by atoms with Crippen LogP contribution >= 0.6 is 0 Å². The van der Waals surface area contributed by atoms with E-state index in [-0.39, 0.29) is 42.5 Å². The van der Waals surface area contributed by atoms with Crippen molar-refractivity contribution in [3.63, 3.8) is 0 Å². The number of benzene rings is 3. The number of esters is 1. The zero-order chi connectivity index (χ0) is 34.6. The van der Waals surface area contributed by atoms with Gasteiger partial charge in [0.05, 0.1) is 43.7 Å². The lowest BCUT2D eigenvalue weighted by Gasteiger charge is -2.28. The molecule has 1 aliphatic heterocycles. The van der Waals surface area contributed by atoms with Gasteiger partial charge in [0.25, 0.3) is 5.91 Å². The summed E-state index contributed by atoms with van der Waals surface area (Å²) in [6.45, 7) is 5.52. The average molecular weight is 661 g/mol. The third-order valence-corrected chi connectivity index (χ3v) is 6.91. The molecule has 0 saturated carbocycles. The van der Waals surface area contributed by atoms with Gasteiger partial charge in [0.2, 0.25) is 0 Å². The Morgan fingerprint density at radius 1 is 0.917 bits per heavy atom. The molecule has 1 atom stereocenters. The number of ether oxygens (including phenoxy) is 5. The maximum absolute atomic E-state index is 12.6. The number of allylic oxidation sites excluding steroid dienone is 1. The van der Waals surface area contributed by atoms with Gasteiger partial charge < -0.3 is 39.4 Å². The molecule has 3 aromatic rings. The standard InChI is InChI=1S/C34H36N4O10/c1-5-45-28-15-22(9-13-26(28)47-18-21-7-10-23(11-8-21)32(40)41)17-35-38-29(39)19-48-25-14-12-24(16-27(25)44-4)31-30(33(42)46-6-2)20(3)36-34(43)37-31/h7-17,31H,5-6,18-19H2,1-4H3,(H,38,39)(H,40,41)(H2,36,37,43)/b35-17-/t31-/m0/s1. The second-order valence-electron chi connectivity index (χ2n) is 10.2. The van der Waals surface area contributed by atoms with E-state index in [1.165, 1.54) is 25.5 Å². The van der Waals surface area contributed by atoms with E-state index in [1.54, 1.807) is 62.4 Å². The molecule has 0 radical (unpaired) electrons.